The number of halogens is 2. The first-order valence-electron chi connectivity index (χ1n) is 13.9. The first-order valence-corrected chi connectivity index (χ1v) is 16.1. The molecule has 224 valence electrons. The minimum Gasteiger partial charge on any atom is -0.354 e. The van der Waals surface area contributed by atoms with Crippen molar-refractivity contribution in [2.75, 3.05) is 17.4 Å². The highest BCUT2D eigenvalue weighted by molar-refractivity contribution is 7.92. The summed E-state index contributed by atoms with van der Waals surface area (Å²) in [4.78, 5) is 29.4. The van der Waals surface area contributed by atoms with E-state index in [1.807, 2.05) is 67.6 Å². The molecule has 0 spiro atoms. The number of hydrogen-bond donors (Lipinski definition) is 1. The van der Waals surface area contributed by atoms with E-state index in [0.717, 1.165) is 21.9 Å². The molecule has 4 aromatic carbocycles. The zero-order valence-corrected chi connectivity index (χ0v) is 26.0. The lowest BCUT2D eigenvalue weighted by Crippen LogP contribution is -2.53. The molecular formula is C33H33Cl2N3O4S. The third-order valence-electron chi connectivity index (χ3n) is 6.82. The summed E-state index contributed by atoms with van der Waals surface area (Å²) in [7, 11) is -4.22. The summed E-state index contributed by atoms with van der Waals surface area (Å²) in [6.45, 7) is 1.91. The molecule has 0 saturated heterocycles. The van der Waals surface area contributed by atoms with Crippen LogP contribution in [0.15, 0.2) is 114 Å². The smallest absolute Gasteiger partial charge is 0.264 e. The fraction of sp³-hybridized carbons (Fsp3) is 0.212. The van der Waals surface area contributed by atoms with Gasteiger partial charge < -0.3 is 10.2 Å². The third kappa shape index (κ3) is 8.38. The van der Waals surface area contributed by atoms with Gasteiger partial charge in [0.2, 0.25) is 11.8 Å². The minimum absolute atomic E-state index is 0.00464. The average molecular weight is 639 g/mol. The molecule has 0 aliphatic heterocycles. The fourth-order valence-corrected chi connectivity index (χ4v) is 6.31. The van der Waals surface area contributed by atoms with Gasteiger partial charge in [0.15, 0.2) is 0 Å². The lowest BCUT2D eigenvalue weighted by Gasteiger charge is -2.34. The van der Waals surface area contributed by atoms with Gasteiger partial charge in [0.1, 0.15) is 12.6 Å². The van der Waals surface area contributed by atoms with E-state index in [1.165, 1.54) is 35.2 Å². The van der Waals surface area contributed by atoms with Crippen molar-refractivity contribution in [1.29, 1.82) is 0 Å². The lowest BCUT2D eigenvalue weighted by molar-refractivity contribution is -0.140. The molecule has 0 aliphatic carbocycles. The van der Waals surface area contributed by atoms with Gasteiger partial charge in [-0.2, -0.15) is 0 Å². The molecule has 4 aromatic rings. The van der Waals surface area contributed by atoms with Crippen molar-refractivity contribution in [2.45, 2.75) is 37.2 Å². The number of benzene rings is 4. The summed E-state index contributed by atoms with van der Waals surface area (Å²) >= 11 is 12.4. The Hall–Kier alpha value is -3.85. The molecule has 1 unspecified atom stereocenters. The van der Waals surface area contributed by atoms with Crippen LogP contribution in [0.2, 0.25) is 10.0 Å². The van der Waals surface area contributed by atoms with Crippen molar-refractivity contribution in [3.05, 3.63) is 130 Å². The molecule has 1 N–H and O–H groups in total. The second-order valence-electron chi connectivity index (χ2n) is 9.93. The van der Waals surface area contributed by atoms with Crippen molar-refractivity contribution >= 4 is 50.7 Å². The molecular weight excluding hydrogens is 605 g/mol. The van der Waals surface area contributed by atoms with E-state index in [1.54, 1.807) is 18.2 Å². The summed E-state index contributed by atoms with van der Waals surface area (Å²) < 4.78 is 29.0. The summed E-state index contributed by atoms with van der Waals surface area (Å²) in [6.07, 6.45) is 0.962. The van der Waals surface area contributed by atoms with Gasteiger partial charge in [-0.25, -0.2) is 8.42 Å². The largest absolute Gasteiger partial charge is 0.354 e. The topological polar surface area (TPSA) is 86.8 Å². The molecule has 43 heavy (non-hydrogen) atoms. The molecule has 0 saturated carbocycles. The van der Waals surface area contributed by atoms with Crippen molar-refractivity contribution < 1.29 is 18.0 Å². The van der Waals surface area contributed by atoms with Gasteiger partial charge in [-0.05, 0) is 47.9 Å². The number of amides is 2. The number of nitrogens with one attached hydrogen (secondary N) is 1. The highest BCUT2D eigenvalue weighted by atomic mass is 35.5. The number of carbonyl (C=O) groups is 2. The SMILES string of the molecule is CCCNC(=O)C(Cc1ccccc1)N(Cc1ccccc1)C(=O)CN(c1ccc(Cl)c(Cl)c1)S(=O)(=O)c1ccccc1. The van der Waals surface area contributed by atoms with Crippen LogP contribution < -0.4 is 9.62 Å². The maximum atomic E-state index is 14.4. The molecule has 10 heteroatoms. The molecule has 0 fully saturated rings. The van der Waals surface area contributed by atoms with Crippen molar-refractivity contribution in [3.63, 3.8) is 0 Å². The summed E-state index contributed by atoms with van der Waals surface area (Å²) in [5, 5.41) is 3.32. The van der Waals surface area contributed by atoms with Gasteiger partial charge in [-0.15, -0.1) is 0 Å². The van der Waals surface area contributed by atoms with Gasteiger partial charge in [-0.3, -0.25) is 13.9 Å². The maximum absolute atomic E-state index is 14.4. The first kappa shape index (κ1) is 32.1. The van der Waals surface area contributed by atoms with Crippen molar-refractivity contribution in [3.8, 4) is 0 Å². The second kappa shape index (κ2) is 15.0. The molecule has 0 bridgehead atoms. The van der Waals surface area contributed by atoms with Crippen LogP contribution in [0.5, 0.6) is 0 Å². The molecule has 0 heterocycles. The summed E-state index contributed by atoms with van der Waals surface area (Å²) in [5.74, 6) is -0.871. The van der Waals surface area contributed by atoms with E-state index in [4.69, 9.17) is 23.2 Å². The standard InChI is InChI=1S/C33H33Cl2N3O4S/c1-2-20-36-33(40)31(21-25-12-6-3-7-13-25)37(23-26-14-8-4-9-15-26)32(39)24-38(27-18-19-29(34)30(35)22-27)43(41,42)28-16-10-5-11-17-28/h3-19,22,31H,2,20-21,23-24H2,1H3,(H,36,40). The van der Waals surface area contributed by atoms with Crippen LogP contribution in [-0.4, -0.2) is 44.3 Å². The van der Waals surface area contributed by atoms with Gasteiger partial charge in [-0.1, -0.05) is 109 Å². The van der Waals surface area contributed by atoms with Crippen molar-refractivity contribution in [2.24, 2.45) is 0 Å². The van der Waals surface area contributed by atoms with Crippen LogP contribution in [0.25, 0.3) is 0 Å². The summed E-state index contributed by atoms with van der Waals surface area (Å²) in [5.41, 5.74) is 1.83. The zero-order chi connectivity index (χ0) is 30.8. The second-order valence-corrected chi connectivity index (χ2v) is 12.6. The number of carbonyl (C=O) groups excluding carboxylic acids is 2. The normalized spacial score (nSPS) is 11.9. The van der Waals surface area contributed by atoms with Gasteiger partial charge >= 0.3 is 0 Å². The molecule has 0 aromatic heterocycles. The Balaban J connectivity index is 1.79. The summed E-state index contributed by atoms with van der Waals surface area (Å²) in [6, 6.07) is 30.0. The Bertz CT molecular complexity index is 1620. The van der Waals surface area contributed by atoms with Gasteiger partial charge in [0, 0.05) is 19.5 Å². The third-order valence-corrected chi connectivity index (χ3v) is 9.34. The Morgan fingerprint density at radius 3 is 1.95 bits per heavy atom. The number of hydrogen-bond acceptors (Lipinski definition) is 4. The Morgan fingerprint density at radius 1 is 0.791 bits per heavy atom. The van der Waals surface area contributed by atoms with Gasteiger partial charge in [0.25, 0.3) is 10.0 Å². The molecule has 0 aliphatic rings. The van der Waals surface area contributed by atoms with E-state index in [-0.39, 0.29) is 39.5 Å². The quantitative estimate of drug-likeness (QED) is 0.185. The number of anilines is 1. The van der Waals surface area contributed by atoms with Crippen LogP contribution in [-0.2, 0) is 32.6 Å². The first-order chi connectivity index (χ1) is 20.7. The maximum Gasteiger partial charge on any atom is 0.264 e. The predicted octanol–water partition coefficient (Wildman–Crippen LogP) is 6.36. The monoisotopic (exact) mass is 637 g/mol. The Kier molecular flexibility index (Phi) is 11.2. The van der Waals surface area contributed by atoms with E-state index in [0.29, 0.717) is 6.54 Å². The zero-order valence-electron chi connectivity index (χ0n) is 23.7. The predicted molar refractivity (Wildman–Crippen MR) is 172 cm³/mol. The van der Waals surface area contributed by atoms with E-state index < -0.39 is 28.5 Å². The van der Waals surface area contributed by atoms with E-state index in [9.17, 15) is 18.0 Å². The van der Waals surface area contributed by atoms with Crippen molar-refractivity contribution in [1.82, 2.24) is 10.2 Å². The number of sulfonamides is 1. The molecule has 1 atom stereocenters. The van der Waals surface area contributed by atoms with Crippen LogP contribution >= 0.6 is 23.2 Å². The number of rotatable bonds is 13. The van der Waals surface area contributed by atoms with E-state index >= 15 is 0 Å². The molecule has 0 radical (unpaired) electrons. The fourth-order valence-electron chi connectivity index (χ4n) is 4.59. The molecule has 4 rings (SSSR count). The number of nitrogens with zero attached hydrogens (tertiary/aromatic N) is 2. The molecule has 2 amide bonds. The van der Waals surface area contributed by atoms with Crippen LogP contribution in [0.3, 0.4) is 0 Å². The van der Waals surface area contributed by atoms with Crippen LogP contribution in [0.1, 0.15) is 24.5 Å². The van der Waals surface area contributed by atoms with Crippen LogP contribution in [0.4, 0.5) is 5.69 Å². The Morgan fingerprint density at radius 2 is 1.37 bits per heavy atom. The highest BCUT2D eigenvalue weighted by Gasteiger charge is 2.34. The Labute approximate surface area is 263 Å². The van der Waals surface area contributed by atoms with Crippen LogP contribution in [0, 0.1) is 0 Å². The minimum atomic E-state index is -4.22. The lowest BCUT2D eigenvalue weighted by atomic mass is 10.0. The molecule has 7 nitrogen and oxygen atoms in total. The highest BCUT2D eigenvalue weighted by Crippen LogP contribution is 2.31. The van der Waals surface area contributed by atoms with Gasteiger partial charge in [0.05, 0.1) is 20.6 Å². The van der Waals surface area contributed by atoms with E-state index in [2.05, 4.69) is 5.32 Å². The average Bonchev–Trinajstić information content (AvgIpc) is 3.03.